The Bertz CT molecular complexity index is 804. The van der Waals surface area contributed by atoms with Gasteiger partial charge in [-0.15, -0.1) is 0 Å². The second-order valence-corrected chi connectivity index (χ2v) is 5.92. The van der Waals surface area contributed by atoms with E-state index in [2.05, 4.69) is 0 Å². The van der Waals surface area contributed by atoms with Crippen LogP contribution in [0.15, 0.2) is 71.3 Å². The lowest BCUT2D eigenvalue weighted by atomic mass is 10.1. The molecule has 2 N–H and O–H groups in total. The molecule has 1 unspecified atom stereocenters. The molecule has 0 aliphatic heterocycles. The Kier molecular flexibility index (Phi) is 5.48. The first-order valence-electron chi connectivity index (χ1n) is 8.07. The van der Waals surface area contributed by atoms with Crippen LogP contribution >= 0.6 is 0 Å². The van der Waals surface area contributed by atoms with Gasteiger partial charge in [0.2, 0.25) is 0 Å². The summed E-state index contributed by atoms with van der Waals surface area (Å²) in [5.41, 5.74) is 0.985. The summed E-state index contributed by atoms with van der Waals surface area (Å²) >= 11 is 0. The third-order valence-electron chi connectivity index (χ3n) is 4.04. The third kappa shape index (κ3) is 4.47. The summed E-state index contributed by atoms with van der Waals surface area (Å²) in [6, 6.07) is 16.9. The fourth-order valence-electron chi connectivity index (χ4n) is 2.78. The average Bonchev–Trinajstić information content (AvgIpc) is 3.10. The van der Waals surface area contributed by atoms with E-state index < -0.39 is 11.9 Å². The van der Waals surface area contributed by atoms with Gasteiger partial charge in [0.25, 0.3) is 0 Å². The van der Waals surface area contributed by atoms with E-state index in [0.29, 0.717) is 13.1 Å². The molecule has 3 aromatic rings. The van der Waals surface area contributed by atoms with Crippen LogP contribution in [0.4, 0.5) is 4.39 Å². The van der Waals surface area contributed by atoms with Crippen molar-refractivity contribution in [2.24, 2.45) is 0 Å². The highest BCUT2D eigenvalue weighted by molar-refractivity contribution is 5.31. The number of phenolic OH excluding ortho intramolecular Hbond substituents is 1. The van der Waals surface area contributed by atoms with Crippen LogP contribution in [0.2, 0.25) is 0 Å². The maximum atomic E-state index is 13.9. The number of benzene rings is 2. The van der Waals surface area contributed by atoms with Crippen molar-refractivity contribution in [1.82, 2.24) is 4.90 Å². The van der Waals surface area contributed by atoms with Crippen LogP contribution < -0.4 is 0 Å². The Hall–Kier alpha value is -2.63. The lowest BCUT2D eigenvalue weighted by molar-refractivity contribution is 0.0972. The van der Waals surface area contributed by atoms with Crippen molar-refractivity contribution in [3.63, 3.8) is 0 Å². The minimum absolute atomic E-state index is 0.187. The number of phenols is 1. The van der Waals surface area contributed by atoms with E-state index >= 15 is 0 Å². The van der Waals surface area contributed by atoms with E-state index in [1.54, 1.807) is 42.7 Å². The molecule has 130 valence electrons. The minimum atomic E-state index is -0.984. The zero-order chi connectivity index (χ0) is 17.6. The van der Waals surface area contributed by atoms with E-state index in [1.807, 2.05) is 23.1 Å². The summed E-state index contributed by atoms with van der Waals surface area (Å²) in [5, 5.41) is 20.5. The van der Waals surface area contributed by atoms with Crippen molar-refractivity contribution in [3.8, 4) is 5.75 Å². The van der Waals surface area contributed by atoms with Crippen molar-refractivity contribution in [2.45, 2.75) is 19.2 Å². The molecule has 0 saturated heterocycles. The van der Waals surface area contributed by atoms with Gasteiger partial charge in [0.1, 0.15) is 17.3 Å². The average molecular weight is 341 g/mol. The molecule has 5 heteroatoms. The Morgan fingerprint density at radius 2 is 1.72 bits per heavy atom. The zero-order valence-corrected chi connectivity index (χ0v) is 13.7. The van der Waals surface area contributed by atoms with Gasteiger partial charge in [-0.1, -0.05) is 36.4 Å². The topological polar surface area (TPSA) is 56.8 Å². The first kappa shape index (κ1) is 17.2. The fraction of sp³-hybridized carbons (Fsp3) is 0.200. The van der Waals surface area contributed by atoms with Crippen molar-refractivity contribution in [1.29, 1.82) is 0 Å². The van der Waals surface area contributed by atoms with Gasteiger partial charge in [0, 0.05) is 24.2 Å². The van der Waals surface area contributed by atoms with Gasteiger partial charge in [-0.3, -0.25) is 4.90 Å². The van der Waals surface area contributed by atoms with Gasteiger partial charge in [0.05, 0.1) is 18.9 Å². The molecule has 0 aliphatic rings. The van der Waals surface area contributed by atoms with Gasteiger partial charge in [0.15, 0.2) is 0 Å². The summed E-state index contributed by atoms with van der Waals surface area (Å²) in [7, 11) is 0. The largest absolute Gasteiger partial charge is 0.508 e. The maximum Gasteiger partial charge on any atom is 0.129 e. The first-order chi connectivity index (χ1) is 12.1. The van der Waals surface area contributed by atoms with Gasteiger partial charge in [-0.05, 0) is 24.3 Å². The van der Waals surface area contributed by atoms with Gasteiger partial charge >= 0.3 is 0 Å². The quantitative estimate of drug-likeness (QED) is 0.685. The highest BCUT2D eigenvalue weighted by Crippen LogP contribution is 2.23. The van der Waals surface area contributed by atoms with Gasteiger partial charge in [-0.2, -0.15) is 0 Å². The third-order valence-corrected chi connectivity index (χ3v) is 4.04. The van der Waals surface area contributed by atoms with Crippen LogP contribution in [-0.4, -0.2) is 21.7 Å². The number of furan rings is 1. The first-order valence-corrected chi connectivity index (χ1v) is 8.07. The molecule has 0 spiro atoms. The monoisotopic (exact) mass is 341 g/mol. The lowest BCUT2D eigenvalue weighted by Gasteiger charge is -2.25. The van der Waals surface area contributed by atoms with Crippen molar-refractivity contribution < 1.29 is 19.0 Å². The molecular formula is C20H20FNO3. The normalized spacial score (nSPS) is 12.4. The lowest BCUT2D eigenvalue weighted by Crippen LogP contribution is -2.28. The number of rotatable bonds is 7. The summed E-state index contributed by atoms with van der Waals surface area (Å²) in [6.45, 7) is 1.04. The summed E-state index contributed by atoms with van der Waals surface area (Å²) in [5.74, 6) is 0.485. The van der Waals surface area contributed by atoms with Crippen molar-refractivity contribution >= 4 is 0 Å². The molecule has 3 rings (SSSR count). The minimum Gasteiger partial charge on any atom is -0.508 e. The second-order valence-electron chi connectivity index (χ2n) is 5.92. The Balaban J connectivity index is 1.78. The highest BCUT2D eigenvalue weighted by atomic mass is 19.1. The van der Waals surface area contributed by atoms with Crippen LogP contribution in [0.3, 0.4) is 0 Å². The van der Waals surface area contributed by atoms with E-state index in [9.17, 15) is 14.6 Å². The Morgan fingerprint density at radius 3 is 2.44 bits per heavy atom. The predicted octanol–water partition coefficient (Wildman–Crippen LogP) is 3.86. The molecule has 0 radical (unpaired) electrons. The van der Waals surface area contributed by atoms with Crippen LogP contribution in [-0.2, 0) is 13.1 Å². The molecule has 0 fully saturated rings. The predicted molar refractivity (Wildman–Crippen MR) is 92.3 cm³/mol. The number of nitrogens with zero attached hydrogens (tertiary/aromatic N) is 1. The molecule has 25 heavy (non-hydrogen) atoms. The van der Waals surface area contributed by atoms with Gasteiger partial charge in [-0.25, -0.2) is 4.39 Å². The molecule has 4 nitrogen and oxygen atoms in total. The summed E-state index contributed by atoms with van der Waals surface area (Å²) < 4.78 is 19.3. The molecule has 0 amide bonds. The molecule has 2 aromatic carbocycles. The zero-order valence-electron chi connectivity index (χ0n) is 13.7. The number of hydrogen-bond acceptors (Lipinski definition) is 4. The van der Waals surface area contributed by atoms with Crippen molar-refractivity contribution in [3.05, 3.63) is 89.6 Å². The molecule has 0 aliphatic carbocycles. The van der Waals surface area contributed by atoms with E-state index in [0.717, 1.165) is 11.3 Å². The maximum absolute atomic E-state index is 13.9. The molecule has 0 saturated carbocycles. The van der Waals surface area contributed by atoms with Crippen molar-refractivity contribution in [2.75, 3.05) is 6.54 Å². The fourth-order valence-corrected chi connectivity index (χ4v) is 2.78. The standard InChI is InChI=1S/C20H20FNO3/c21-18-9-3-2-8-17(18)20(24)14-22(13-16-7-5-11-25-16)12-15-6-1-4-10-19(15)23/h1-11,20,23-24H,12-14H2. The summed E-state index contributed by atoms with van der Waals surface area (Å²) in [6.07, 6.45) is 0.600. The number of para-hydroxylation sites is 1. The number of aliphatic hydroxyl groups is 1. The SMILES string of the molecule is Oc1ccccc1CN(Cc1ccco1)CC(O)c1ccccc1F. The number of halogens is 1. The second kappa shape index (κ2) is 7.96. The van der Waals surface area contributed by atoms with Crippen LogP contribution in [0.25, 0.3) is 0 Å². The Morgan fingerprint density at radius 1 is 0.960 bits per heavy atom. The summed E-state index contributed by atoms with van der Waals surface area (Å²) in [4.78, 5) is 1.91. The smallest absolute Gasteiger partial charge is 0.129 e. The number of aromatic hydroxyl groups is 1. The molecule has 0 bridgehead atoms. The number of aliphatic hydroxyl groups excluding tert-OH is 1. The van der Waals surface area contributed by atoms with E-state index in [1.165, 1.54) is 6.07 Å². The van der Waals surface area contributed by atoms with E-state index in [4.69, 9.17) is 4.42 Å². The van der Waals surface area contributed by atoms with Crippen LogP contribution in [0.5, 0.6) is 5.75 Å². The molecular weight excluding hydrogens is 321 g/mol. The Labute approximate surface area is 145 Å². The van der Waals surface area contributed by atoms with Gasteiger partial charge < -0.3 is 14.6 Å². The highest BCUT2D eigenvalue weighted by Gasteiger charge is 2.19. The number of hydrogen-bond donors (Lipinski definition) is 2. The molecule has 1 aromatic heterocycles. The molecule has 1 atom stereocenters. The molecule has 1 heterocycles. The van der Waals surface area contributed by atoms with Crippen LogP contribution in [0, 0.1) is 5.82 Å². The van der Waals surface area contributed by atoms with Crippen LogP contribution in [0.1, 0.15) is 23.0 Å². The van der Waals surface area contributed by atoms with E-state index in [-0.39, 0.29) is 17.9 Å².